The number of imidazole rings is 1. The van der Waals surface area contributed by atoms with Crippen LogP contribution in [0.15, 0.2) is 6.33 Å². The number of hydrogen-bond acceptors (Lipinski definition) is 9. The normalized spacial score (nSPS) is 30.3. The average Bonchev–Trinajstić information content (AvgIpc) is 2.91. The van der Waals surface area contributed by atoms with E-state index in [9.17, 15) is 23.1 Å². The number of hydrogen-bond donors (Lipinski definition) is 2. The highest BCUT2D eigenvalue weighted by molar-refractivity contribution is 5.82. The smallest absolute Gasteiger partial charge is 0.429 e. The zero-order valence-corrected chi connectivity index (χ0v) is 16.6. The molecule has 4 rings (SSSR count). The molecule has 1 aliphatic heterocycles. The summed E-state index contributed by atoms with van der Waals surface area (Å²) >= 11 is 0. The van der Waals surface area contributed by atoms with Crippen LogP contribution in [0.2, 0.25) is 0 Å². The largest absolute Gasteiger partial charge is 0.509 e. The van der Waals surface area contributed by atoms with E-state index in [1.807, 2.05) is 0 Å². The molecule has 10 nitrogen and oxygen atoms in total. The lowest BCUT2D eigenvalue weighted by molar-refractivity contribution is -0.144. The molecule has 1 saturated carbocycles. The number of fused-ring (bicyclic) bond motifs is 2. The van der Waals surface area contributed by atoms with Gasteiger partial charge in [0.2, 0.25) is 11.7 Å². The predicted octanol–water partition coefficient (Wildman–Crippen LogP) is 1.98. The maximum Gasteiger partial charge on any atom is 0.509 e. The van der Waals surface area contributed by atoms with Gasteiger partial charge in [-0.05, 0) is 20.8 Å². The van der Waals surface area contributed by atoms with E-state index in [4.69, 9.17) is 19.9 Å². The Morgan fingerprint density at radius 2 is 2.03 bits per heavy atom. The van der Waals surface area contributed by atoms with Gasteiger partial charge >= 0.3 is 12.3 Å². The van der Waals surface area contributed by atoms with Crippen molar-refractivity contribution in [2.24, 2.45) is 5.92 Å². The van der Waals surface area contributed by atoms with E-state index in [0.29, 0.717) is 0 Å². The number of aromatic nitrogens is 4. The summed E-state index contributed by atoms with van der Waals surface area (Å²) in [4.78, 5) is 22.6. The maximum atomic E-state index is 15.4. The van der Waals surface area contributed by atoms with Crippen LogP contribution in [-0.2, 0) is 20.4 Å². The third-order valence-corrected chi connectivity index (χ3v) is 4.94. The van der Waals surface area contributed by atoms with Gasteiger partial charge < -0.3 is 29.6 Å². The quantitative estimate of drug-likeness (QED) is 0.533. The Morgan fingerprint density at radius 1 is 1.35 bits per heavy atom. The number of nitrogens with two attached hydrogens (primary N) is 1. The molecule has 0 bridgehead atoms. The van der Waals surface area contributed by atoms with Crippen LogP contribution in [0.3, 0.4) is 0 Å². The van der Waals surface area contributed by atoms with Crippen molar-refractivity contribution in [3.05, 3.63) is 12.2 Å². The third-order valence-electron chi connectivity index (χ3n) is 4.94. The van der Waals surface area contributed by atoms with Crippen LogP contribution in [0.1, 0.15) is 32.6 Å². The molecular weight excluding hydrogens is 430 g/mol. The minimum absolute atomic E-state index is 0.148. The zero-order valence-electron chi connectivity index (χ0n) is 16.6. The molecule has 3 N–H and O–H groups in total. The second-order valence-electron chi connectivity index (χ2n) is 8.31. The minimum atomic E-state index is -4.88. The molecule has 2 aromatic heterocycles. The average molecular weight is 449 g/mol. The van der Waals surface area contributed by atoms with Crippen LogP contribution in [0.5, 0.6) is 0 Å². The van der Waals surface area contributed by atoms with Crippen LogP contribution in [0.4, 0.5) is 28.2 Å². The monoisotopic (exact) mass is 449 g/mol. The van der Waals surface area contributed by atoms with E-state index in [1.54, 1.807) is 20.8 Å². The van der Waals surface area contributed by atoms with E-state index in [-0.39, 0.29) is 11.2 Å². The Morgan fingerprint density at radius 3 is 2.61 bits per heavy atom. The molecule has 3 unspecified atom stereocenters. The number of aliphatic hydroxyl groups is 1. The number of rotatable bonds is 3. The van der Waals surface area contributed by atoms with E-state index in [0.717, 1.165) is 10.9 Å². The lowest BCUT2D eigenvalue weighted by Crippen LogP contribution is -2.37. The van der Waals surface area contributed by atoms with Crippen LogP contribution >= 0.6 is 0 Å². The molecule has 14 heteroatoms. The molecule has 0 aromatic carbocycles. The van der Waals surface area contributed by atoms with E-state index in [2.05, 4.69) is 15.0 Å². The fourth-order valence-corrected chi connectivity index (χ4v) is 3.73. The SMILES string of the molecule is CC(C)(C)OC(=O)OC1C2[C@H](n3cnc4c(N)nc(C(F)(F)F)nc43)C2(F)O[C@@H]1CO. The van der Waals surface area contributed by atoms with Crippen molar-refractivity contribution in [2.75, 3.05) is 12.3 Å². The summed E-state index contributed by atoms with van der Waals surface area (Å²) < 4.78 is 71.2. The lowest BCUT2D eigenvalue weighted by Gasteiger charge is -2.25. The molecule has 2 aromatic rings. The van der Waals surface area contributed by atoms with Crippen molar-refractivity contribution in [3.8, 4) is 0 Å². The number of carbonyl (C=O) groups excluding carboxylic acids is 1. The summed E-state index contributed by atoms with van der Waals surface area (Å²) in [7, 11) is 0. The van der Waals surface area contributed by atoms with Crippen LogP contribution in [0.25, 0.3) is 11.2 Å². The Labute approximate surface area is 172 Å². The van der Waals surface area contributed by atoms with Gasteiger partial charge in [0.15, 0.2) is 11.5 Å². The Hall–Kier alpha value is -2.74. The van der Waals surface area contributed by atoms with Crippen molar-refractivity contribution in [3.63, 3.8) is 0 Å². The van der Waals surface area contributed by atoms with Gasteiger partial charge in [0.05, 0.1) is 18.9 Å². The highest BCUT2D eigenvalue weighted by Gasteiger charge is 2.80. The number of halogens is 4. The summed E-state index contributed by atoms with van der Waals surface area (Å²) in [6.45, 7) is 4.15. The summed E-state index contributed by atoms with van der Waals surface area (Å²) in [6, 6.07) is -1.22. The number of anilines is 1. The van der Waals surface area contributed by atoms with Crippen molar-refractivity contribution >= 4 is 23.1 Å². The summed E-state index contributed by atoms with van der Waals surface area (Å²) in [5.74, 6) is -5.59. The molecular formula is C17H19F4N5O5. The van der Waals surface area contributed by atoms with Gasteiger partial charge in [-0.25, -0.2) is 24.1 Å². The van der Waals surface area contributed by atoms with E-state index >= 15 is 4.39 Å². The number of ether oxygens (including phenoxy) is 3. The third kappa shape index (κ3) is 3.52. The first-order valence-corrected chi connectivity index (χ1v) is 9.20. The number of alkyl halides is 4. The van der Waals surface area contributed by atoms with Gasteiger partial charge in [-0.3, -0.25) is 0 Å². The van der Waals surface area contributed by atoms with Crippen molar-refractivity contribution in [1.82, 2.24) is 19.5 Å². The van der Waals surface area contributed by atoms with Gasteiger partial charge in [0.1, 0.15) is 29.4 Å². The number of carbonyl (C=O) groups is 1. The fraction of sp³-hybridized carbons (Fsp3) is 0.647. The second kappa shape index (κ2) is 6.63. The summed E-state index contributed by atoms with van der Waals surface area (Å²) in [5, 5.41) is 9.48. The van der Waals surface area contributed by atoms with Gasteiger partial charge in [-0.2, -0.15) is 13.2 Å². The molecule has 1 aliphatic carbocycles. The van der Waals surface area contributed by atoms with Gasteiger partial charge in [-0.15, -0.1) is 0 Å². The Balaban J connectivity index is 1.67. The molecule has 0 radical (unpaired) electrons. The molecule has 170 valence electrons. The highest BCUT2D eigenvalue weighted by Crippen LogP contribution is 2.66. The predicted molar refractivity (Wildman–Crippen MR) is 94.2 cm³/mol. The van der Waals surface area contributed by atoms with Crippen LogP contribution in [0, 0.1) is 5.92 Å². The molecule has 1 saturated heterocycles. The number of aliphatic hydroxyl groups excluding tert-OH is 1. The summed E-state index contributed by atoms with van der Waals surface area (Å²) in [5.41, 5.74) is 4.18. The summed E-state index contributed by atoms with van der Waals surface area (Å²) in [6.07, 6.45) is -7.36. The van der Waals surface area contributed by atoms with Crippen LogP contribution in [-0.4, -0.2) is 61.1 Å². The molecule has 3 heterocycles. The molecule has 0 spiro atoms. The molecule has 5 atom stereocenters. The Bertz CT molecular complexity index is 1040. The van der Waals surface area contributed by atoms with E-state index < -0.39 is 66.2 Å². The van der Waals surface area contributed by atoms with E-state index in [1.165, 1.54) is 0 Å². The molecule has 2 fully saturated rings. The zero-order chi connectivity index (χ0) is 22.9. The van der Waals surface area contributed by atoms with Crippen LogP contribution < -0.4 is 5.73 Å². The van der Waals surface area contributed by atoms with Gasteiger partial charge in [0, 0.05) is 0 Å². The molecule has 2 aliphatic rings. The van der Waals surface area contributed by atoms with Crippen molar-refractivity contribution in [2.45, 2.75) is 56.7 Å². The van der Waals surface area contributed by atoms with Crippen molar-refractivity contribution in [1.29, 1.82) is 0 Å². The Kier molecular flexibility index (Phi) is 4.59. The number of nitrogens with zero attached hydrogens (tertiary/aromatic N) is 4. The highest BCUT2D eigenvalue weighted by atomic mass is 19.4. The fourth-order valence-electron chi connectivity index (χ4n) is 3.73. The first-order valence-electron chi connectivity index (χ1n) is 9.20. The topological polar surface area (TPSA) is 135 Å². The first kappa shape index (κ1) is 21.5. The van der Waals surface area contributed by atoms with Gasteiger partial charge in [-0.1, -0.05) is 0 Å². The molecule has 31 heavy (non-hydrogen) atoms. The lowest BCUT2D eigenvalue weighted by atomic mass is 10.1. The van der Waals surface area contributed by atoms with Gasteiger partial charge in [0.25, 0.3) is 0 Å². The molecule has 0 amide bonds. The number of nitrogen functional groups attached to an aromatic ring is 1. The maximum absolute atomic E-state index is 15.4. The standard InChI is InChI=1S/C17H19F4N5O5/c1-15(2,3)31-14(28)29-9-6(4-27)30-16(18)7(9)10(16)26-5-23-8-11(22)24-13(17(19,20)21)25-12(8)26/h5-7,9-10,27H,4H2,1-3H3,(H2,22,24,25)/t6-,7?,9?,10+,16?/m1/s1. The van der Waals surface area contributed by atoms with Crippen molar-refractivity contribution < 1.29 is 41.7 Å². The second-order valence-corrected chi connectivity index (χ2v) is 8.31. The minimum Gasteiger partial charge on any atom is -0.429 e. The first-order chi connectivity index (χ1) is 14.3.